The van der Waals surface area contributed by atoms with E-state index in [1.165, 1.54) is 0 Å². The highest BCUT2D eigenvalue weighted by molar-refractivity contribution is 9.11. The second kappa shape index (κ2) is 6.34. The monoisotopic (exact) mass is 404 g/mol. The molecule has 0 amide bonds. The number of benzene rings is 1. The van der Waals surface area contributed by atoms with Crippen molar-refractivity contribution in [1.29, 1.82) is 0 Å². The van der Waals surface area contributed by atoms with Gasteiger partial charge in [0.1, 0.15) is 5.75 Å². The summed E-state index contributed by atoms with van der Waals surface area (Å²) in [5.41, 5.74) is 1.04. The highest BCUT2D eigenvalue weighted by atomic mass is 79.9. The fourth-order valence-electron chi connectivity index (χ4n) is 2.95. The van der Waals surface area contributed by atoms with Crippen LogP contribution >= 0.6 is 31.9 Å². The van der Waals surface area contributed by atoms with Crippen LogP contribution in [0.2, 0.25) is 0 Å². The average Bonchev–Trinajstić information content (AvgIpc) is 2.33. The van der Waals surface area contributed by atoms with Crippen LogP contribution in [0, 0.1) is 5.41 Å². The standard InChI is InChI=1S/C15H22Br2N2O/c1-15(2,3)14(19-6-4-18-5-7-19)13-11(17)8-10(16)9-12(13)20/h8-9,14,18,20H,4-7H2,1-3H3/t14-/m0/s1. The first kappa shape index (κ1) is 16.3. The molecule has 0 spiro atoms. The lowest BCUT2D eigenvalue weighted by atomic mass is 9.80. The fourth-order valence-corrected chi connectivity index (χ4v) is 4.37. The van der Waals surface area contributed by atoms with E-state index in [2.05, 4.69) is 62.8 Å². The molecule has 1 fully saturated rings. The van der Waals surface area contributed by atoms with Gasteiger partial charge in [-0.3, -0.25) is 4.90 Å². The Kier molecular flexibility index (Phi) is 5.16. The minimum absolute atomic E-state index is 0.0468. The number of halogens is 2. The Morgan fingerprint density at radius 2 is 1.80 bits per heavy atom. The third-order valence-corrected chi connectivity index (χ3v) is 4.80. The predicted octanol–water partition coefficient (Wildman–Crippen LogP) is 3.91. The topological polar surface area (TPSA) is 35.5 Å². The molecule has 2 rings (SSSR count). The van der Waals surface area contributed by atoms with Crippen molar-refractivity contribution in [1.82, 2.24) is 10.2 Å². The number of nitrogens with one attached hydrogen (secondary N) is 1. The molecule has 0 bridgehead atoms. The number of nitrogens with zero attached hydrogens (tertiary/aromatic N) is 1. The van der Waals surface area contributed by atoms with Gasteiger partial charge in [-0.25, -0.2) is 0 Å². The first-order valence-corrected chi connectivity index (χ1v) is 8.52. The van der Waals surface area contributed by atoms with Gasteiger partial charge in [-0.2, -0.15) is 0 Å². The number of aromatic hydroxyl groups is 1. The van der Waals surface area contributed by atoms with Crippen LogP contribution in [0.25, 0.3) is 0 Å². The SMILES string of the molecule is CC(C)(C)[C@H](c1c(O)cc(Br)cc1Br)N1CCNCC1. The van der Waals surface area contributed by atoms with E-state index in [-0.39, 0.29) is 11.5 Å². The van der Waals surface area contributed by atoms with Gasteiger partial charge in [0.2, 0.25) is 0 Å². The molecule has 1 aliphatic rings. The summed E-state index contributed by atoms with van der Waals surface area (Å²) in [6, 6.07) is 3.98. The molecule has 5 heteroatoms. The molecule has 1 aromatic carbocycles. The molecule has 0 aromatic heterocycles. The van der Waals surface area contributed by atoms with Crippen LogP contribution in [-0.4, -0.2) is 36.2 Å². The second-order valence-electron chi connectivity index (χ2n) is 6.37. The van der Waals surface area contributed by atoms with E-state index >= 15 is 0 Å². The minimum atomic E-state index is 0.0468. The van der Waals surface area contributed by atoms with Crippen LogP contribution in [0.15, 0.2) is 21.1 Å². The molecule has 1 aliphatic heterocycles. The summed E-state index contributed by atoms with van der Waals surface area (Å²) >= 11 is 7.05. The number of hydrogen-bond acceptors (Lipinski definition) is 3. The van der Waals surface area contributed by atoms with Crippen LogP contribution in [0.5, 0.6) is 5.75 Å². The van der Waals surface area contributed by atoms with Crippen molar-refractivity contribution >= 4 is 31.9 Å². The molecule has 3 nitrogen and oxygen atoms in total. The van der Waals surface area contributed by atoms with Crippen molar-refractivity contribution in [3.63, 3.8) is 0 Å². The van der Waals surface area contributed by atoms with Gasteiger partial charge >= 0.3 is 0 Å². The molecule has 2 N–H and O–H groups in total. The number of rotatable bonds is 2. The second-order valence-corrected chi connectivity index (χ2v) is 8.14. The molecule has 1 heterocycles. The van der Waals surface area contributed by atoms with Gasteiger partial charge in [0.25, 0.3) is 0 Å². The first-order valence-electron chi connectivity index (χ1n) is 6.93. The quantitative estimate of drug-likeness (QED) is 0.782. The van der Waals surface area contributed by atoms with E-state index in [1.54, 1.807) is 6.07 Å². The Morgan fingerprint density at radius 3 is 2.30 bits per heavy atom. The summed E-state index contributed by atoms with van der Waals surface area (Å²) in [6.45, 7) is 10.7. The van der Waals surface area contributed by atoms with Crippen LogP contribution in [0.3, 0.4) is 0 Å². The number of phenolic OH excluding ortho intramolecular Hbond substituents is 1. The Morgan fingerprint density at radius 1 is 1.20 bits per heavy atom. The number of piperazine rings is 1. The lowest BCUT2D eigenvalue weighted by molar-refractivity contribution is 0.0837. The van der Waals surface area contributed by atoms with Gasteiger partial charge in [-0.1, -0.05) is 52.6 Å². The lowest BCUT2D eigenvalue weighted by Gasteiger charge is -2.43. The maximum absolute atomic E-state index is 10.4. The number of phenols is 1. The lowest BCUT2D eigenvalue weighted by Crippen LogP contribution is -2.48. The van der Waals surface area contributed by atoms with Crippen molar-refractivity contribution < 1.29 is 5.11 Å². The maximum Gasteiger partial charge on any atom is 0.122 e. The van der Waals surface area contributed by atoms with E-state index in [9.17, 15) is 5.11 Å². The summed E-state index contributed by atoms with van der Waals surface area (Å²) in [4.78, 5) is 2.46. The van der Waals surface area contributed by atoms with Gasteiger partial charge in [-0.15, -0.1) is 0 Å². The van der Waals surface area contributed by atoms with Crippen molar-refractivity contribution in [2.45, 2.75) is 26.8 Å². The van der Waals surface area contributed by atoms with Gasteiger partial charge in [0, 0.05) is 46.7 Å². The highest BCUT2D eigenvalue weighted by Crippen LogP contribution is 2.45. The van der Waals surface area contributed by atoms with Crippen molar-refractivity contribution in [2.24, 2.45) is 5.41 Å². The molecule has 1 atom stereocenters. The third-order valence-electron chi connectivity index (χ3n) is 3.68. The largest absolute Gasteiger partial charge is 0.508 e. The van der Waals surface area contributed by atoms with Gasteiger partial charge < -0.3 is 10.4 Å². The highest BCUT2D eigenvalue weighted by Gasteiger charge is 2.35. The van der Waals surface area contributed by atoms with Gasteiger partial charge in [-0.05, 0) is 17.5 Å². The summed E-state index contributed by atoms with van der Waals surface area (Å²) in [7, 11) is 0. The Balaban J connectivity index is 2.46. The van der Waals surface area contributed by atoms with Crippen molar-refractivity contribution in [3.8, 4) is 5.75 Å². The number of hydrogen-bond donors (Lipinski definition) is 2. The van der Waals surface area contributed by atoms with Crippen molar-refractivity contribution in [3.05, 3.63) is 26.6 Å². The molecule has 112 valence electrons. The molecule has 20 heavy (non-hydrogen) atoms. The summed E-state index contributed by atoms with van der Waals surface area (Å²) < 4.78 is 1.85. The van der Waals surface area contributed by atoms with Crippen molar-refractivity contribution in [2.75, 3.05) is 26.2 Å². The average molecular weight is 406 g/mol. The molecular formula is C15H22Br2N2O. The minimum Gasteiger partial charge on any atom is -0.508 e. The third kappa shape index (κ3) is 3.56. The smallest absolute Gasteiger partial charge is 0.122 e. The van der Waals surface area contributed by atoms with Crippen LogP contribution in [-0.2, 0) is 0 Å². The molecular weight excluding hydrogens is 384 g/mol. The predicted molar refractivity (Wildman–Crippen MR) is 90.1 cm³/mol. The van der Waals surface area contributed by atoms with Crippen LogP contribution in [0.4, 0.5) is 0 Å². The molecule has 0 unspecified atom stereocenters. The normalized spacial score (nSPS) is 19.1. The van der Waals surface area contributed by atoms with E-state index in [0.717, 1.165) is 40.7 Å². The first-order chi connectivity index (χ1) is 9.30. The molecule has 0 saturated carbocycles. The Bertz CT molecular complexity index is 456. The van der Waals surface area contributed by atoms with E-state index in [0.29, 0.717) is 5.75 Å². The molecule has 1 aromatic rings. The zero-order chi connectivity index (χ0) is 14.9. The Labute approximate surface area is 138 Å². The Hall–Kier alpha value is -0.100. The van der Waals surface area contributed by atoms with E-state index in [4.69, 9.17) is 0 Å². The summed E-state index contributed by atoms with van der Waals surface area (Å²) in [5, 5.41) is 13.8. The molecule has 1 saturated heterocycles. The summed E-state index contributed by atoms with van der Waals surface area (Å²) in [5.74, 6) is 0.352. The van der Waals surface area contributed by atoms with Crippen LogP contribution < -0.4 is 5.32 Å². The molecule has 0 aliphatic carbocycles. The van der Waals surface area contributed by atoms with E-state index in [1.807, 2.05) is 6.07 Å². The zero-order valence-corrected chi connectivity index (χ0v) is 15.4. The maximum atomic E-state index is 10.4. The van der Waals surface area contributed by atoms with Crippen LogP contribution in [0.1, 0.15) is 32.4 Å². The van der Waals surface area contributed by atoms with Gasteiger partial charge in [0.05, 0.1) is 0 Å². The van der Waals surface area contributed by atoms with Gasteiger partial charge in [0.15, 0.2) is 0 Å². The summed E-state index contributed by atoms with van der Waals surface area (Å²) in [6.07, 6.45) is 0. The fraction of sp³-hybridized carbons (Fsp3) is 0.600. The zero-order valence-electron chi connectivity index (χ0n) is 12.2. The molecule has 0 radical (unpaired) electrons. The van der Waals surface area contributed by atoms with E-state index < -0.39 is 0 Å².